The summed E-state index contributed by atoms with van der Waals surface area (Å²) in [5, 5.41) is 3.69. The molecule has 0 radical (unpaired) electrons. The number of ether oxygens (including phenoxy) is 1. The van der Waals surface area contributed by atoms with Crippen molar-refractivity contribution in [2.24, 2.45) is 11.8 Å². The molecule has 5 nitrogen and oxygen atoms in total. The smallest absolute Gasteiger partial charge is 0.311 e. The number of nitrogens with one attached hydrogen (secondary N) is 1. The van der Waals surface area contributed by atoms with Crippen molar-refractivity contribution >= 4 is 46.5 Å². The standard InChI is InChI=1S/C20H15Cl2NO4/c1-2-27-18(25)16-15(17(24)10-3-5-11(21)6-4-10)20(16)13-9-12(22)7-8-14(13)23-19(20)26/h3-9,15-16H,2H2,1H3,(H,23,26)/t15-,16-,20+/m1/s1. The van der Waals surface area contributed by atoms with Crippen LogP contribution in [0.3, 0.4) is 0 Å². The van der Waals surface area contributed by atoms with Gasteiger partial charge in [0.1, 0.15) is 5.41 Å². The SMILES string of the molecule is CCOC(=O)[C@H]1[C@H](C(=O)c2ccc(Cl)cc2)[C@]12C(=O)Nc1ccc(Cl)cc12. The average Bonchev–Trinajstić information content (AvgIpc) is 3.26. The molecular formula is C20H15Cl2NO4. The third kappa shape index (κ3) is 2.57. The molecule has 3 atom stereocenters. The van der Waals surface area contributed by atoms with Gasteiger partial charge in [0.05, 0.1) is 18.4 Å². The van der Waals surface area contributed by atoms with Crippen LogP contribution in [0.1, 0.15) is 22.8 Å². The molecule has 4 rings (SSSR count). The zero-order valence-electron chi connectivity index (χ0n) is 14.3. The van der Waals surface area contributed by atoms with E-state index in [1.165, 1.54) is 0 Å². The molecule has 2 aliphatic rings. The van der Waals surface area contributed by atoms with Crippen molar-refractivity contribution < 1.29 is 19.1 Å². The second-order valence-electron chi connectivity index (χ2n) is 6.59. The maximum Gasteiger partial charge on any atom is 0.311 e. The largest absolute Gasteiger partial charge is 0.466 e. The van der Waals surface area contributed by atoms with Gasteiger partial charge in [-0.2, -0.15) is 0 Å². The molecule has 0 saturated heterocycles. The highest BCUT2D eigenvalue weighted by Gasteiger charge is 2.79. The summed E-state index contributed by atoms with van der Waals surface area (Å²) in [5.74, 6) is -2.98. The Labute approximate surface area is 165 Å². The van der Waals surface area contributed by atoms with Gasteiger partial charge in [0.2, 0.25) is 5.91 Å². The Morgan fingerprint density at radius 3 is 2.41 bits per heavy atom. The van der Waals surface area contributed by atoms with Crippen LogP contribution < -0.4 is 5.32 Å². The minimum absolute atomic E-state index is 0.164. The average molecular weight is 404 g/mol. The lowest BCUT2D eigenvalue weighted by molar-refractivity contribution is -0.146. The number of hydrogen-bond acceptors (Lipinski definition) is 4. The first-order valence-electron chi connectivity index (χ1n) is 8.49. The van der Waals surface area contributed by atoms with Crippen molar-refractivity contribution in [1.82, 2.24) is 0 Å². The van der Waals surface area contributed by atoms with Gasteiger partial charge in [0.25, 0.3) is 0 Å². The summed E-state index contributed by atoms with van der Waals surface area (Å²) in [5.41, 5.74) is 0.220. The normalized spacial score (nSPS) is 25.1. The van der Waals surface area contributed by atoms with Crippen LogP contribution in [0, 0.1) is 11.8 Å². The minimum Gasteiger partial charge on any atom is -0.466 e. The molecule has 1 amide bonds. The molecule has 0 aromatic heterocycles. The van der Waals surface area contributed by atoms with E-state index in [-0.39, 0.29) is 18.3 Å². The molecule has 1 aliphatic carbocycles. The van der Waals surface area contributed by atoms with Crippen molar-refractivity contribution in [3.63, 3.8) is 0 Å². The van der Waals surface area contributed by atoms with Gasteiger partial charge in [-0.3, -0.25) is 14.4 Å². The Morgan fingerprint density at radius 2 is 1.74 bits per heavy atom. The van der Waals surface area contributed by atoms with Gasteiger partial charge in [0, 0.05) is 21.3 Å². The topological polar surface area (TPSA) is 72.5 Å². The molecule has 7 heteroatoms. The predicted octanol–water partition coefficient (Wildman–Crippen LogP) is 3.88. The number of halogens is 2. The number of anilines is 1. The number of carbonyl (C=O) groups excluding carboxylic acids is 3. The lowest BCUT2D eigenvalue weighted by Crippen LogP contribution is -2.26. The van der Waals surface area contributed by atoms with E-state index in [0.717, 1.165) is 0 Å². The monoisotopic (exact) mass is 403 g/mol. The van der Waals surface area contributed by atoms with Crippen molar-refractivity contribution in [1.29, 1.82) is 0 Å². The molecule has 2 aromatic rings. The van der Waals surface area contributed by atoms with Crippen LogP contribution in [-0.4, -0.2) is 24.3 Å². The summed E-state index contributed by atoms with van der Waals surface area (Å²) in [7, 11) is 0. The first kappa shape index (κ1) is 18.0. The lowest BCUT2D eigenvalue weighted by Gasteiger charge is -2.09. The highest BCUT2D eigenvalue weighted by Crippen LogP contribution is 2.66. The van der Waals surface area contributed by atoms with Crippen LogP contribution in [0.4, 0.5) is 5.69 Å². The fourth-order valence-electron chi connectivity index (χ4n) is 4.03. The van der Waals surface area contributed by atoms with E-state index in [4.69, 9.17) is 27.9 Å². The Bertz CT molecular complexity index is 972. The number of amides is 1. The Hall–Kier alpha value is -2.37. The van der Waals surface area contributed by atoms with Crippen molar-refractivity contribution in [3.8, 4) is 0 Å². The molecule has 138 valence electrons. The van der Waals surface area contributed by atoms with Gasteiger partial charge in [-0.15, -0.1) is 0 Å². The maximum atomic E-state index is 13.2. The van der Waals surface area contributed by atoms with Gasteiger partial charge < -0.3 is 10.1 Å². The fraction of sp³-hybridized carbons (Fsp3) is 0.250. The van der Waals surface area contributed by atoms with Crippen LogP contribution >= 0.6 is 23.2 Å². The third-order valence-corrected chi connectivity index (χ3v) is 5.70. The summed E-state index contributed by atoms with van der Waals surface area (Å²) in [6, 6.07) is 11.3. The molecule has 0 unspecified atom stereocenters. The maximum absolute atomic E-state index is 13.2. The minimum atomic E-state index is -1.29. The molecule has 0 bridgehead atoms. The van der Waals surface area contributed by atoms with Crippen molar-refractivity contribution in [3.05, 3.63) is 63.6 Å². The summed E-state index contributed by atoms with van der Waals surface area (Å²) in [4.78, 5) is 38.7. The highest BCUT2D eigenvalue weighted by atomic mass is 35.5. The zero-order valence-corrected chi connectivity index (χ0v) is 15.8. The summed E-state index contributed by atoms with van der Waals surface area (Å²) >= 11 is 12.0. The molecular weight excluding hydrogens is 389 g/mol. The van der Waals surface area contributed by atoms with E-state index in [1.807, 2.05) is 0 Å². The molecule has 1 aliphatic heterocycles. The molecule has 2 aromatic carbocycles. The number of ketones is 1. The lowest BCUT2D eigenvalue weighted by atomic mass is 9.91. The Morgan fingerprint density at radius 1 is 1.07 bits per heavy atom. The van der Waals surface area contributed by atoms with E-state index in [0.29, 0.717) is 26.9 Å². The number of benzene rings is 2. The van der Waals surface area contributed by atoms with E-state index in [9.17, 15) is 14.4 Å². The molecule has 1 saturated carbocycles. The van der Waals surface area contributed by atoms with E-state index >= 15 is 0 Å². The van der Waals surface area contributed by atoms with Crippen LogP contribution in [0.5, 0.6) is 0 Å². The van der Waals surface area contributed by atoms with E-state index < -0.39 is 23.2 Å². The van der Waals surface area contributed by atoms with Gasteiger partial charge in [0.15, 0.2) is 5.78 Å². The van der Waals surface area contributed by atoms with Crippen molar-refractivity contribution in [2.45, 2.75) is 12.3 Å². The summed E-state index contributed by atoms with van der Waals surface area (Å²) < 4.78 is 5.16. The molecule has 1 fully saturated rings. The number of rotatable bonds is 4. The summed E-state index contributed by atoms with van der Waals surface area (Å²) in [6.45, 7) is 1.85. The number of Topliss-reactive ketones (excluding diaryl/α,β-unsaturated/α-hetero) is 1. The third-order valence-electron chi connectivity index (χ3n) is 5.21. The van der Waals surface area contributed by atoms with Gasteiger partial charge >= 0.3 is 5.97 Å². The quantitative estimate of drug-likeness (QED) is 0.620. The molecule has 27 heavy (non-hydrogen) atoms. The van der Waals surface area contributed by atoms with E-state index in [2.05, 4.69) is 5.32 Å². The van der Waals surface area contributed by atoms with Crippen LogP contribution in [0.2, 0.25) is 10.0 Å². The highest BCUT2D eigenvalue weighted by molar-refractivity contribution is 6.31. The summed E-state index contributed by atoms with van der Waals surface area (Å²) in [6.07, 6.45) is 0. The number of hydrogen-bond donors (Lipinski definition) is 1. The first-order chi connectivity index (χ1) is 12.9. The number of esters is 1. The predicted molar refractivity (Wildman–Crippen MR) is 101 cm³/mol. The first-order valence-corrected chi connectivity index (χ1v) is 9.24. The van der Waals surface area contributed by atoms with Gasteiger partial charge in [-0.05, 0) is 55.0 Å². The fourth-order valence-corrected chi connectivity index (χ4v) is 4.33. The second-order valence-corrected chi connectivity index (χ2v) is 7.46. The Balaban J connectivity index is 1.82. The van der Waals surface area contributed by atoms with Crippen LogP contribution in [0.15, 0.2) is 42.5 Å². The molecule has 1 spiro atoms. The number of fused-ring (bicyclic) bond motifs is 2. The van der Waals surface area contributed by atoms with E-state index in [1.54, 1.807) is 49.4 Å². The Kier molecular flexibility index (Phi) is 4.24. The van der Waals surface area contributed by atoms with Crippen molar-refractivity contribution in [2.75, 3.05) is 11.9 Å². The van der Waals surface area contributed by atoms with Gasteiger partial charge in [-0.1, -0.05) is 23.2 Å². The van der Waals surface area contributed by atoms with Gasteiger partial charge in [-0.25, -0.2) is 0 Å². The molecule has 1 N–H and O–H groups in total. The molecule has 1 heterocycles. The zero-order chi connectivity index (χ0) is 19.3. The van der Waals surface area contributed by atoms with Crippen LogP contribution in [-0.2, 0) is 19.7 Å². The van der Waals surface area contributed by atoms with Crippen LogP contribution in [0.25, 0.3) is 0 Å². The number of carbonyl (C=O) groups is 3. The second kappa shape index (κ2) is 6.36.